The molecule has 1 N–H and O–H groups in total. The molecule has 24 heavy (non-hydrogen) atoms. The summed E-state index contributed by atoms with van der Waals surface area (Å²) < 4.78 is 0. The van der Waals surface area contributed by atoms with Crippen LogP contribution in [0.25, 0.3) is 0 Å². The molecular formula is C20H23NO3. The van der Waals surface area contributed by atoms with Gasteiger partial charge in [0.15, 0.2) is 0 Å². The van der Waals surface area contributed by atoms with Gasteiger partial charge in [0.05, 0.1) is 12.0 Å². The number of rotatable bonds is 0. The van der Waals surface area contributed by atoms with E-state index >= 15 is 0 Å². The highest BCUT2D eigenvalue weighted by atomic mass is 16.3. The third kappa shape index (κ3) is 0.911. The lowest BCUT2D eigenvalue weighted by atomic mass is 9.40. The fraction of sp³-hybridized carbons (Fsp3) is 0.800. The normalized spacial score (nSPS) is 70.0. The molecule has 6 aliphatic carbocycles. The Kier molecular flexibility index (Phi) is 1.77. The van der Waals surface area contributed by atoms with Crippen LogP contribution in [0.3, 0.4) is 0 Å². The number of hydrogen-bond donors (Lipinski definition) is 1. The van der Waals surface area contributed by atoms with Crippen LogP contribution < -0.4 is 0 Å². The molecule has 9 rings (SSSR count). The molecule has 3 saturated heterocycles. The summed E-state index contributed by atoms with van der Waals surface area (Å²) in [5.74, 6) is 0.920. The lowest BCUT2D eigenvalue weighted by Gasteiger charge is -2.62. The predicted molar refractivity (Wildman–Crippen MR) is 84.8 cm³/mol. The van der Waals surface area contributed by atoms with Gasteiger partial charge in [0.2, 0.25) is 0 Å². The van der Waals surface area contributed by atoms with E-state index in [1.807, 2.05) is 0 Å². The summed E-state index contributed by atoms with van der Waals surface area (Å²) in [5, 5.41) is 11.1. The van der Waals surface area contributed by atoms with E-state index in [-0.39, 0.29) is 45.8 Å². The Morgan fingerprint density at radius 1 is 1.25 bits per heavy atom. The monoisotopic (exact) mass is 325 g/mol. The van der Waals surface area contributed by atoms with E-state index in [1.165, 1.54) is 0 Å². The van der Waals surface area contributed by atoms with Crippen molar-refractivity contribution >= 4 is 11.6 Å². The maximum atomic E-state index is 13.5. The average molecular weight is 325 g/mol. The minimum Gasteiger partial charge on any atom is -0.392 e. The first kappa shape index (κ1) is 13.2. The molecule has 6 saturated carbocycles. The van der Waals surface area contributed by atoms with Crippen molar-refractivity contribution in [1.82, 2.24) is 4.90 Å². The van der Waals surface area contributed by atoms with Crippen LogP contribution in [-0.4, -0.2) is 46.3 Å². The van der Waals surface area contributed by atoms with E-state index in [4.69, 9.17) is 0 Å². The summed E-state index contributed by atoms with van der Waals surface area (Å²) in [7, 11) is 0. The van der Waals surface area contributed by atoms with Crippen LogP contribution in [0.4, 0.5) is 0 Å². The van der Waals surface area contributed by atoms with Gasteiger partial charge in [-0.3, -0.25) is 14.5 Å². The number of Topliss-reactive ketones (excluding diaryl/α,β-unsaturated/α-hetero) is 2. The molecule has 4 heteroatoms. The van der Waals surface area contributed by atoms with Crippen molar-refractivity contribution in [2.45, 2.75) is 50.8 Å². The van der Waals surface area contributed by atoms with Crippen molar-refractivity contribution < 1.29 is 14.7 Å². The minimum atomic E-state index is -0.567. The Bertz CT molecular complexity index is 790. The van der Waals surface area contributed by atoms with Crippen LogP contribution in [0.15, 0.2) is 12.2 Å². The molecule has 0 aromatic carbocycles. The van der Waals surface area contributed by atoms with Crippen LogP contribution in [0, 0.1) is 39.9 Å². The molecule has 9 fully saturated rings. The van der Waals surface area contributed by atoms with Crippen LogP contribution in [0.2, 0.25) is 0 Å². The van der Waals surface area contributed by atoms with E-state index in [0.717, 1.165) is 25.0 Å². The molecule has 11 atom stereocenters. The van der Waals surface area contributed by atoms with Crippen molar-refractivity contribution in [3.05, 3.63) is 12.2 Å². The SMILES string of the molecule is C=C1C[C@]23C[C@@H]4[C@H]5[C@@]6(C)CC(=O)C[C@]57[C@@H]([C@@H]2[C@H](O)[C@H]1C(=O)[C@@H]37)N4C6. The van der Waals surface area contributed by atoms with Gasteiger partial charge in [-0.05, 0) is 29.6 Å². The summed E-state index contributed by atoms with van der Waals surface area (Å²) in [4.78, 5) is 28.9. The largest absolute Gasteiger partial charge is 0.392 e. The first-order chi connectivity index (χ1) is 11.4. The number of piperidine rings is 2. The zero-order valence-electron chi connectivity index (χ0n) is 14.0. The van der Waals surface area contributed by atoms with Crippen molar-refractivity contribution in [2.75, 3.05) is 6.54 Å². The molecular weight excluding hydrogens is 302 g/mol. The van der Waals surface area contributed by atoms with E-state index in [1.54, 1.807) is 0 Å². The Balaban J connectivity index is 1.57. The smallest absolute Gasteiger partial charge is 0.146 e. The van der Waals surface area contributed by atoms with Gasteiger partial charge in [0, 0.05) is 48.7 Å². The van der Waals surface area contributed by atoms with Crippen molar-refractivity contribution in [3.63, 3.8) is 0 Å². The second-order valence-corrected chi connectivity index (χ2v) is 10.4. The number of carbonyl (C=O) groups is 2. The third-order valence-corrected chi connectivity index (χ3v) is 9.70. The zero-order chi connectivity index (χ0) is 16.4. The number of aliphatic hydroxyl groups is 1. The Morgan fingerprint density at radius 3 is 2.83 bits per heavy atom. The van der Waals surface area contributed by atoms with Crippen LogP contribution >= 0.6 is 0 Å². The molecule has 0 aromatic heterocycles. The lowest BCUT2D eigenvalue weighted by molar-refractivity contribution is -0.174. The highest BCUT2D eigenvalue weighted by molar-refractivity contribution is 5.94. The molecule has 3 heterocycles. The van der Waals surface area contributed by atoms with Crippen molar-refractivity contribution in [1.29, 1.82) is 0 Å². The highest BCUT2D eigenvalue weighted by Crippen LogP contribution is 2.86. The molecule has 9 aliphatic rings. The minimum absolute atomic E-state index is 0.00836. The third-order valence-electron chi connectivity index (χ3n) is 9.70. The Labute approximate surface area is 141 Å². The van der Waals surface area contributed by atoms with E-state index in [2.05, 4.69) is 18.4 Å². The summed E-state index contributed by atoms with van der Waals surface area (Å²) in [5.41, 5.74) is 0.763. The fourth-order valence-electron chi connectivity index (χ4n) is 10.1. The molecule has 1 unspecified atom stereocenters. The maximum Gasteiger partial charge on any atom is 0.146 e. The summed E-state index contributed by atoms with van der Waals surface area (Å²) >= 11 is 0. The number of carbonyl (C=O) groups excluding carboxylic acids is 2. The van der Waals surface area contributed by atoms with Gasteiger partial charge < -0.3 is 5.11 Å². The summed E-state index contributed by atoms with van der Waals surface area (Å²) in [6.45, 7) is 7.46. The molecule has 0 amide bonds. The number of aliphatic hydroxyl groups excluding tert-OH is 1. The molecule has 126 valence electrons. The second-order valence-electron chi connectivity index (χ2n) is 10.4. The van der Waals surface area contributed by atoms with Gasteiger partial charge in [-0.25, -0.2) is 0 Å². The predicted octanol–water partition coefficient (Wildman–Crippen LogP) is 1.18. The summed E-state index contributed by atoms with van der Waals surface area (Å²) in [6.07, 6.45) is 2.67. The molecule has 0 radical (unpaired) electrons. The van der Waals surface area contributed by atoms with Crippen LogP contribution in [0.5, 0.6) is 0 Å². The number of fused-ring (bicyclic) bond motifs is 1. The van der Waals surface area contributed by atoms with Gasteiger partial charge in [-0.2, -0.15) is 0 Å². The van der Waals surface area contributed by atoms with Crippen LogP contribution in [-0.2, 0) is 9.59 Å². The first-order valence-electron chi connectivity index (χ1n) is 9.52. The number of ketones is 2. The molecule has 0 aromatic rings. The number of nitrogens with zero attached hydrogens (tertiary/aromatic N) is 1. The van der Waals surface area contributed by atoms with Gasteiger partial charge >= 0.3 is 0 Å². The fourth-order valence-corrected chi connectivity index (χ4v) is 10.1. The highest BCUT2D eigenvalue weighted by Gasteiger charge is 2.90. The van der Waals surface area contributed by atoms with Gasteiger partial charge in [0.25, 0.3) is 0 Å². The molecule has 4 nitrogen and oxygen atoms in total. The van der Waals surface area contributed by atoms with E-state index < -0.39 is 6.10 Å². The van der Waals surface area contributed by atoms with Crippen molar-refractivity contribution in [2.24, 2.45) is 39.9 Å². The second kappa shape index (κ2) is 3.21. The molecule has 9 bridgehead atoms. The Morgan fingerprint density at radius 2 is 2.04 bits per heavy atom. The van der Waals surface area contributed by atoms with E-state index in [9.17, 15) is 14.7 Å². The van der Waals surface area contributed by atoms with Crippen molar-refractivity contribution in [3.8, 4) is 0 Å². The van der Waals surface area contributed by atoms with Gasteiger partial charge in [-0.15, -0.1) is 0 Å². The topological polar surface area (TPSA) is 57.6 Å². The quantitative estimate of drug-likeness (QED) is 0.680. The average Bonchev–Trinajstić information content (AvgIpc) is 2.88. The molecule has 2 spiro atoms. The zero-order valence-corrected chi connectivity index (χ0v) is 14.0. The summed E-state index contributed by atoms with van der Waals surface area (Å²) in [6, 6.07) is 0.795. The molecule has 3 aliphatic heterocycles. The first-order valence-corrected chi connectivity index (χ1v) is 9.52. The Hall–Kier alpha value is -1.00. The maximum absolute atomic E-state index is 13.5. The van der Waals surface area contributed by atoms with Gasteiger partial charge in [-0.1, -0.05) is 19.1 Å². The number of hydrogen-bond acceptors (Lipinski definition) is 4. The standard InChI is InChI=1S/C20H23NO3/c1-8-3-19-6-10-15-18(2)4-9(22)5-20(15)16(19)14(24)11(8)13(23)12(19)17(20)21(10)7-18/h10-13,15-17,23H,1,3-7H2,2H3/t10-,11+,12+,13-,15+,16+,17-,18+,19+,20+/m1/s1. The van der Waals surface area contributed by atoms with Gasteiger partial charge in [0.1, 0.15) is 11.6 Å². The van der Waals surface area contributed by atoms with E-state index in [0.29, 0.717) is 30.6 Å². The lowest BCUT2D eigenvalue weighted by Crippen LogP contribution is -2.66. The van der Waals surface area contributed by atoms with Crippen LogP contribution in [0.1, 0.15) is 32.6 Å².